The molecular formula is C25H31N5OS. The number of nitrogens with one attached hydrogen (secondary N) is 1. The number of urea groups is 1. The van der Waals surface area contributed by atoms with Gasteiger partial charge in [0.05, 0.1) is 11.4 Å². The molecule has 1 saturated carbocycles. The van der Waals surface area contributed by atoms with Crippen LogP contribution in [0.5, 0.6) is 0 Å². The first kappa shape index (κ1) is 22.4. The van der Waals surface area contributed by atoms with Crippen molar-refractivity contribution >= 4 is 28.9 Å². The van der Waals surface area contributed by atoms with Gasteiger partial charge >= 0.3 is 6.03 Å². The predicted molar refractivity (Wildman–Crippen MR) is 131 cm³/mol. The number of benzene rings is 2. The van der Waals surface area contributed by atoms with E-state index in [1.165, 1.54) is 50.1 Å². The lowest BCUT2D eigenvalue weighted by molar-refractivity contribution is 0.256. The van der Waals surface area contributed by atoms with E-state index in [1.54, 1.807) is 4.90 Å². The van der Waals surface area contributed by atoms with Crippen LogP contribution in [0.3, 0.4) is 0 Å². The molecule has 1 heterocycles. The molecule has 0 aliphatic heterocycles. The Morgan fingerprint density at radius 3 is 2.59 bits per heavy atom. The minimum Gasteiger partial charge on any atom is -0.351 e. The zero-order chi connectivity index (χ0) is 22.3. The lowest BCUT2D eigenvalue weighted by Crippen LogP contribution is -2.33. The highest BCUT2D eigenvalue weighted by Gasteiger charge is 2.20. The van der Waals surface area contributed by atoms with Crippen LogP contribution in [0.2, 0.25) is 0 Å². The van der Waals surface area contributed by atoms with Crippen molar-refractivity contribution in [3.63, 3.8) is 0 Å². The van der Waals surface area contributed by atoms with Crippen LogP contribution in [-0.4, -0.2) is 21.7 Å². The summed E-state index contributed by atoms with van der Waals surface area (Å²) in [7, 11) is 0. The fourth-order valence-electron chi connectivity index (χ4n) is 4.63. The van der Waals surface area contributed by atoms with Gasteiger partial charge in [-0.25, -0.2) is 4.79 Å². The summed E-state index contributed by atoms with van der Waals surface area (Å²) in [4.78, 5) is 14.0. The van der Waals surface area contributed by atoms with Crippen LogP contribution in [0.25, 0.3) is 11.3 Å². The monoisotopic (exact) mass is 449 g/mol. The Hall–Kier alpha value is -2.77. The largest absolute Gasteiger partial charge is 0.351 e. The molecule has 3 N–H and O–H groups in total. The molecule has 1 atom stereocenters. The van der Waals surface area contributed by atoms with Crippen molar-refractivity contribution in [1.82, 2.24) is 14.9 Å². The second-order valence-corrected chi connectivity index (χ2v) is 9.27. The second kappa shape index (κ2) is 10.7. The summed E-state index contributed by atoms with van der Waals surface area (Å²) in [6.07, 6.45) is 8.03. The summed E-state index contributed by atoms with van der Waals surface area (Å²) >= 11 is 1.31. The van der Waals surface area contributed by atoms with Gasteiger partial charge in [0.15, 0.2) is 0 Å². The molecular weight excluding hydrogens is 418 g/mol. The molecule has 1 fully saturated rings. The van der Waals surface area contributed by atoms with Crippen molar-refractivity contribution in [3.05, 3.63) is 59.5 Å². The van der Waals surface area contributed by atoms with Crippen LogP contribution < -0.4 is 16.0 Å². The minimum absolute atomic E-state index is 0.430. The highest BCUT2D eigenvalue weighted by molar-refractivity contribution is 7.03. The fraction of sp³-hybridized carbons (Fsp3) is 0.400. The lowest BCUT2D eigenvalue weighted by Gasteiger charge is -2.27. The lowest BCUT2D eigenvalue weighted by atomic mass is 9.85. The van der Waals surface area contributed by atoms with Gasteiger partial charge in [0.2, 0.25) is 0 Å². The van der Waals surface area contributed by atoms with Crippen molar-refractivity contribution in [2.75, 3.05) is 4.90 Å². The number of nitrogens with two attached hydrogens (primary N) is 1. The molecule has 2 amide bonds. The normalized spacial score (nSPS) is 15.4. The van der Waals surface area contributed by atoms with E-state index in [4.69, 9.17) is 5.73 Å². The van der Waals surface area contributed by atoms with E-state index in [1.807, 2.05) is 47.8 Å². The smallest absolute Gasteiger partial charge is 0.323 e. The number of primary amides is 1. The van der Waals surface area contributed by atoms with Crippen LogP contribution in [0.15, 0.2) is 53.9 Å². The third kappa shape index (κ3) is 5.53. The van der Waals surface area contributed by atoms with E-state index >= 15 is 0 Å². The Kier molecular flexibility index (Phi) is 7.50. The van der Waals surface area contributed by atoms with Crippen LogP contribution in [-0.2, 0) is 6.54 Å². The molecule has 6 nitrogen and oxygen atoms in total. The van der Waals surface area contributed by atoms with Gasteiger partial charge in [0, 0.05) is 23.5 Å². The van der Waals surface area contributed by atoms with E-state index < -0.39 is 6.03 Å². The van der Waals surface area contributed by atoms with Crippen LogP contribution >= 0.6 is 11.5 Å². The van der Waals surface area contributed by atoms with E-state index in [-0.39, 0.29) is 0 Å². The summed E-state index contributed by atoms with van der Waals surface area (Å²) in [5.41, 5.74) is 10.2. The number of rotatable bonds is 8. The number of para-hydroxylation sites is 1. The van der Waals surface area contributed by atoms with Gasteiger partial charge in [0.25, 0.3) is 0 Å². The fourth-order valence-corrected chi connectivity index (χ4v) is 5.09. The number of hydrogen-bond donors (Lipinski definition) is 2. The van der Waals surface area contributed by atoms with E-state index in [0.717, 1.165) is 34.1 Å². The van der Waals surface area contributed by atoms with Crippen molar-refractivity contribution in [2.45, 2.75) is 58.0 Å². The zero-order valence-electron chi connectivity index (χ0n) is 18.5. The SMILES string of the molecule is C[C@@H](CC1CCCCC1)NCc1ccccc1N(C(N)=O)c1ccc(-c2csnn2)cc1. The van der Waals surface area contributed by atoms with Crippen molar-refractivity contribution < 1.29 is 4.79 Å². The van der Waals surface area contributed by atoms with E-state index in [9.17, 15) is 4.79 Å². The Balaban J connectivity index is 1.49. The predicted octanol–water partition coefficient (Wildman–Crippen LogP) is 5.87. The first-order chi connectivity index (χ1) is 15.6. The van der Waals surface area contributed by atoms with E-state index in [2.05, 4.69) is 27.9 Å². The van der Waals surface area contributed by atoms with Gasteiger partial charge in [-0.2, -0.15) is 0 Å². The number of amides is 2. The van der Waals surface area contributed by atoms with Crippen LogP contribution in [0.1, 0.15) is 51.0 Å². The third-order valence-electron chi connectivity index (χ3n) is 6.29. The zero-order valence-corrected chi connectivity index (χ0v) is 19.4. The Morgan fingerprint density at radius 2 is 1.91 bits per heavy atom. The van der Waals surface area contributed by atoms with Crippen molar-refractivity contribution in [3.8, 4) is 11.3 Å². The highest BCUT2D eigenvalue weighted by atomic mass is 32.1. The first-order valence-corrected chi connectivity index (χ1v) is 12.2. The summed E-state index contributed by atoms with van der Waals surface area (Å²) in [6.45, 7) is 2.95. The second-order valence-electron chi connectivity index (χ2n) is 8.66. The molecule has 32 heavy (non-hydrogen) atoms. The molecule has 2 aromatic carbocycles. The number of carbonyl (C=O) groups excluding carboxylic acids is 1. The Bertz CT molecular complexity index is 999. The van der Waals surface area contributed by atoms with Gasteiger partial charge in [-0.15, -0.1) is 5.10 Å². The van der Waals surface area contributed by atoms with Gasteiger partial charge in [0.1, 0.15) is 5.69 Å². The molecule has 1 aromatic heterocycles. The van der Waals surface area contributed by atoms with Crippen LogP contribution in [0, 0.1) is 5.92 Å². The first-order valence-electron chi connectivity index (χ1n) is 11.4. The summed E-state index contributed by atoms with van der Waals surface area (Å²) in [5, 5.41) is 9.67. The van der Waals surface area contributed by atoms with Crippen molar-refractivity contribution in [1.29, 1.82) is 0 Å². The molecule has 0 spiro atoms. The number of nitrogens with zero attached hydrogens (tertiary/aromatic N) is 3. The van der Waals surface area contributed by atoms with Gasteiger partial charge in [-0.3, -0.25) is 4.90 Å². The number of anilines is 2. The van der Waals surface area contributed by atoms with Crippen LogP contribution in [0.4, 0.5) is 16.2 Å². The van der Waals surface area contributed by atoms with Gasteiger partial charge in [-0.1, -0.05) is 66.9 Å². The summed E-state index contributed by atoms with van der Waals surface area (Å²) < 4.78 is 3.92. The standard InChI is InChI=1S/C25H31N5OS/c1-18(15-19-7-3-2-4-8-19)27-16-21-9-5-6-10-24(21)30(25(26)31)22-13-11-20(12-14-22)23-17-32-29-28-23/h5-6,9-14,17-19,27H,2-4,7-8,15-16H2,1H3,(H2,26,31)/t18-/m0/s1. The average Bonchev–Trinajstić information content (AvgIpc) is 3.35. The number of aromatic nitrogens is 2. The van der Waals surface area contributed by atoms with E-state index in [0.29, 0.717) is 12.6 Å². The highest BCUT2D eigenvalue weighted by Crippen LogP contribution is 2.31. The van der Waals surface area contributed by atoms with Crippen molar-refractivity contribution in [2.24, 2.45) is 11.7 Å². The number of carbonyl (C=O) groups is 1. The topological polar surface area (TPSA) is 84.1 Å². The molecule has 0 radical (unpaired) electrons. The molecule has 0 bridgehead atoms. The van der Waals surface area contributed by atoms with Gasteiger partial charge in [-0.05, 0) is 54.6 Å². The quantitative estimate of drug-likeness (QED) is 0.450. The Morgan fingerprint density at radius 1 is 1.16 bits per heavy atom. The van der Waals surface area contributed by atoms with Gasteiger partial charge < -0.3 is 11.1 Å². The molecule has 7 heteroatoms. The summed E-state index contributed by atoms with van der Waals surface area (Å²) in [6, 6.07) is 15.6. The Labute approximate surface area is 194 Å². The molecule has 1 aliphatic rings. The number of hydrogen-bond acceptors (Lipinski definition) is 5. The molecule has 3 aromatic rings. The average molecular weight is 450 g/mol. The minimum atomic E-state index is -0.504. The molecule has 0 unspecified atom stereocenters. The molecule has 4 rings (SSSR count). The molecule has 168 valence electrons. The maximum atomic E-state index is 12.5. The molecule has 1 aliphatic carbocycles. The molecule has 0 saturated heterocycles. The third-order valence-corrected chi connectivity index (χ3v) is 6.79. The maximum Gasteiger partial charge on any atom is 0.323 e. The maximum absolute atomic E-state index is 12.5. The summed E-state index contributed by atoms with van der Waals surface area (Å²) in [5.74, 6) is 0.829.